The van der Waals surface area contributed by atoms with Gasteiger partial charge in [0.25, 0.3) is 11.8 Å². The Kier molecular flexibility index (Phi) is 7.68. The molecule has 5 heterocycles. The van der Waals surface area contributed by atoms with Crippen LogP contribution in [0.1, 0.15) is 18.1 Å². The molecule has 210 valence electrons. The van der Waals surface area contributed by atoms with E-state index in [1.807, 2.05) is 29.8 Å². The van der Waals surface area contributed by atoms with Gasteiger partial charge in [0, 0.05) is 36.3 Å². The summed E-state index contributed by atoms with van der Waals surface area (Å²) in [5.41, 5.74) is 12.9. The molecule has 0 bridgehead atoms. The summed E-state index contributed by atoms with van der Waals surface area (Å²) in [5.74, 6) is -1.76. The third-order valence-corrected chi connectivity index (χ3v) is 8.38. The summed E-state index contributed by atoms with van der Waals surface area (Å²) in [5, 5.41) is 18.0. The number of nitrogen functional groups attached to an aromatic ring is 1. The number of nitrogens with zero attached hydrogens (tertiary/aromatic N) is 7. The number of anilines is 1. The third-order valence-electron chi connectivity index (χ3n) is 6.50. The monoisotopic (exact) mass is 586 g/mol. The molecule has 2 unspecified atom stereocenters. The van der Waals surface area contributed by atoms with Gasteiger partial charge in [0.1, 0.15) is 30.6 Å². The Balaban J connectivity index is 1.39. The second-order valence-corrected chi connectivity index (χ2v) is 10.9. The van der Waals surface area contributed by atoms with Gasteiger partial charge in [-0.25, -0.2) is 4.57 Å². The lowest BCUT2D eigenvalue weighted by Gasteiger charge is -2.50. The highest BCUT2D eigenvalue weighted by Crippen LogP contribution is 2.40. The molecule has 0 aliphatic carbocycles. The summed E-state index contributed by atoms with van der Waals surface area (Å²) in [6, 6.07) is 2.82. The fourth-order valence-electron chi connectivity index (χ4n) is 4.72. The highest BCUT2D eigenvalue weighted by molar-refractivity contribution is 8.00. The number of hydrogen-bond acceptors (Lipinski definition) is 13. The molecule has 1 saturated heterocycles. The van der Waals surface area contributed by atoms with E-state index in [0.717, 1.165) is 34.2 Å². The van der Waals surface area contributed by atoms with E-state index >= 15 is 0 Å². The van der Waals surface area contributed by atoms with Crippen molar-refractivity contribution in [2.24, 2.45) is 10.9 Å². The number of imidazole rings is 1. The molecule has 3 aromatic rings. The predicted octanol–water partition coefficient (Wildman–Crippen LogP) is -2.13. The van der Waals surface area contributed by atoms with Crippen LogP contribution in [-0.4, -0.2) is 78.1 Å². The molecule has 5 rings (SSSR count). The number of aromatic nitrogens is 5. The van der Waals surface area contributed by atoms with Gasteiger partial charge in [0.15, 0.2) is 5.13 Å². The molecule has 40 heavy (non-hydrogen) atoms. The molecule has 3 aromatic heterocycles. The number of carbonyl (C=O) groups is 3. The Morgan fingerprint density at radius 1 is 1.38 bits per heavy atom. The number of nitrogens with one attached hydrogen (secondary N) is 1. The number of amides is 2. The van der Waals surface area contributed by atoms with Gasteiger partial charge in [-0.3, -0.25) is 14.5 Å². The number of carboxylic acid groups (broad SMARTS) is 1. The Hall–Kier alpha value is -4.09. The minimum atomic E-state index is -1.47. The first-order chi connectivity index (χ1) is 19.2. The molecule has 2 aliphatic heterocycles. The largest absolute Gasteiger partial charge is 0.543 e. The highest BCUT2D eigenvalue weighted by Gasteiger charge is 2.53. The number of thioether (sulfide) groups is 1. The third kappa shape index (κ3) is 4.86. The molecule has 2 aliphatic rings. The standard InChI is InChI=1S/C23H26N10O5S2/c1-11-26-18-13(32(11)8-4-6-24)5-3-7-31(18)9-12-10-39-21-15(20(35)33(21)16(12)22(36)37)27-19(34)14(29-38-2)17-28-23(25)40-30-17/h3,5,7,15,21H,4,6,8-10,24H2,1-2H3,(H3-,25,27,28,30,34,36,37)/b29-14-. The zero-order valence-electron chi connectivity index (χ0n) is 21.6. The summed E-state index contributed by atoms with van der Waals surface area (Å²) in [6.45, 7) is 3.36. The summed E-state index contributed by atoms with van der Waals surface area (Å²) in [4.78, 5) is 52.9. The van der Waals surface area contributed by atoms with Crippen LogP contribution in [0.2, 0.25) is 0 Å². The first-order valence-corrected chi connectivity index (χ1v) is 14.0. The SMILES string of the molecule is CO/N=C(\C(=O)NC1C(=O)N2C(C(=O)[O-])=C(C[n+]3cccc4c3nc(C)n4CCCN)CSC12)c1nsc(N)n1. The van der Waals surface area contributed by atoms with Crippen LogP contribution < -0.4 is 26.5 Å². The van der Waals surface area contributed by atoms with Crippen LogP contribution in [0.4, 0.5) is 5.13 Å². The average molecular weight is 587 g/mol. The van der Waals surface area contributed by atoms with Gasteiger partial charge in [-0.1, -0.05) is 5.16 Å². The minimum absolute atomic E-state index is 0.0497. The molecule has 2 amide bonds. The van der Waals surface area contributed by atoms with Crippen LogP contribution in [-0.2, 0) is 32.3 Å². The minimum Gasteiger partial charge on any atom is -0.543 e. The van der Waals surface area contributed by atoms with Gasteiger partial charge >= 0.3 is 5.65 Å². The average Bonchev–Trinajstić information content (AvgIpc) is 3.51. The molecular formula is C23H26N10O5S2. The maximum atomic E-state index is 13.1. The molecule has 0 aromatic carbocycles. The number of rotatable bonds is 10. The van der Waals surface area contributed by atoms with E-state index in [4.69, 9.17) is 21.3 Å². The maximum absolute atomic E-state index is 13.1. The summed E-state index contributed by atoms with van der Waals surface area (Å²) in [6.07, 6.45) is 2.61. The summed E-state index contributed by atoms with van der Waals surface area (Å²) >= 11 is 2.21. The van der Waals surface area contributed by atoms with E-state index in [9.17, 15) is 19.5 Å². The van der Waals surface area contributed by atoms with Gasteiger partial charge in [0.05, 0.1) is 17.9 Å². The Morgan fingerprint density at radius 2 is 2.17 bits per heavy atom. The van der Waals surface area contributed by atoms with E-state index in [-0.39, 0.29) is 28.9 Å². The van der Waals surface area contributed by atoms with Crippen molar-refractivity contribution in [2.45, 2.75) is 37.8 Å². The lowest BCUT2D eigenvalue weighted by atomic mass is 10.0. The summed E-state index contributed by atoms with van der Waals surface area (Å²) < 4.78 is 7.88. The number of aliphatic carboxylic acids is 1. The quantitative estimate of drug-likeness (QED) is 0.101. The number of β-lactam (4-membered cyclic amide) rings is 1. The molecule has 17 heteroatoms. The first-order valence-electron chi connectivity index (χ1n) is 12.2. The zero-order valence-corrected chi connectivity index (χ0v) is 23.2. The van der Waals surface area contributed by atoms with Crippen LogP contribution in [0.3, 0.4) is 0 Å². The fraction of sp³-hybridized carbons (Fsp3) is 0.391. The number of hydrogen-bond donors (Lipinski definition) is 3. The Labute approximate surface area is 236 Å². The smallest absolute Gasteiger partial charge is 0.349 e. The van der Waals surface area contributed by atoms with E-state index < -0.39 is 29.2 Å². The zero-order chi connectivity index (χ0) is 28.6. The van der Waals surface area contributed by atoms with Crippen LogP contribution >= 0.6 is 23.3 Å². The highest BCUT2D eigenvalue weighted by atomic mass is 32.2. The van der Waals surface area contributed by atoms with Crippen molar-refractivity contribution in [3.05, 3.63) is 41.2 Å². The van der Waals surface area contributed by atoms with E-state index in [2.05, 4.69) is 24.4 Å². The molecule has 5 N–H and O–H groups in total. The van der Waals surface area contributed by atoms with Crippen LogP contribution in [0.25, 0.3) is 11.2 Å². The number of aryl methyl sites for hydroxylation is 2. The number of fused-ring (bicyclic) bond motifs is 2. The Bertz CT molecular complexity index is 1560. The normalized spacial score (nSPS) is 19.0. The summed E-state index contributed by atoms with van der Waals surface area (Å²) in [7, 11) is 1.25. The number of carboxylic acids is 1. The molecule has 2 atom stereocenters. The first kappa shape index (κ1) is 27.5. The number of carbonyl (C=O) groups excluding carboxylic acids is 3. The lowest BCUT2D eigenvalue weighted by molar-refractivity contribution is -0.664. The van der Waals surface area contributed by atoms with Gasteiger partial charge in [-0.15, -0.1) is 11.8 Å². The van der Waals surface area contributed by atoms with Gasteiger partial charge in [0.2, 0.25) is 17.4 Å². The second-order valence-electron chi connectivity index (χ2n) is 8.98. The van der Waals surface area contributed by atoms with Crippen molar-refractivity contribution < 1.29 is 28.9 Å². The molecule has 0 spiro atoms. The van der Waals surface area contributed by atoms with Crippen LogP contribution in [0.5, 0.6) is 0 Å². The predicted molar refractivity (Wildman–Crippen MR) is 143 cm³/mol. The van der Waals surface area contributed by atoms with E-state index in [1.165, 1.54) is 18.9 Å². The molecule has 0 saturated carbocycles. The van der Waals surface area contributed by atoms with Crippen molar-refractivity contribution in [1.82, 2.24) is 29.1 Å². The van der Waals surface area contributed by atoms with E-state index in [1.54, 1.807) is 0 Å². The number of oxime groups is 1. The van der Waals surface area contributed by atoms with E-state index in [0.29, 0.717) is 30.1 Å². The number of pyridine rings is 1. The fourth-order valence-corrected chi connectivity index (χ4v) is 6.49. The molecular weight excluding hydrogens is 560 g/mol. The van der Waals surface area contributed by atoms with Crippen molar-refractivity contribution in [3.63, 3.8) is 0 Å². The van der Waals surface area contributed by atoms with Crippen molar-refractivity contribution >= 4 is 63.1 Å². The molecule has 1 fully saturated rings. The van der Waals surface area contributed by atoms with Crippen LogP contribution in [0.15, 0.2) is 34.8 Å². The lowest BCUT2D eigenvalue weighted by Crippen LogP contribution is -2.71. The van der Waals surface area contributed by atoms with Gasteiger partial charge in [-0.05, 0) is 30.1 Å². The van der Waals surface area contributed by atoms with Crippen LogP contribution in [0, 0.1) is 6.92 Å². The number of nitrogens with two attached hydrogens (primary N) is 2. The Morgan fingerprint density at radius 3 is 2.85 bits per heavy atom. The molecule has 15 nitrogen and oxygen atoms in total. The van der Waals surface area contributed by atoms with Gasteiger partial charge in [-0.2, -0.15) is 9.36 Å². The second kappa shape index (κ2) is 11.2. The van der Waals surface area contributed by atoms with Gasteiger partial charge < -0.3 is 36.1 Å². The van der Waals surface area contributed by atoms with Crippen molar-refractivity contribution in [3.8, 4) is 0 Å². The maximum Gasteiger partial charge on any atom is 0.349 e. The van der Waals surface area contributed by atoms with Crippen molar-refractivity contribution in [1.29, 1.82) is 0 Å². The molecule has 0 radical (unpaired) electrons. The van der Waals surface area contributed by atoms with Crippen molar-refractivity contribution in [2.75, 3.05) is 25.1 Å². The topological polar surface area (TPSA) is 211 Å².